The van der Waals surface area contributed by atoms with Crippen molar-refractivity contribution in [1.82, 2.24) is 4.57 Å². The minimum absolute atomic E-state index is 0.0376. The normalized spacial score (nSPS) is 10.0. The average Bonchev–Trinajstić information content (AvgIpc) is 2.83. The summed E-state index contributed by atoms with van der Waals surface area (Å²) in [6, 6.07) is 8.02. The first-order valence-electron chi connectivity index (χ1n) is 5.95. The van der Waals surface area contributed by atoms with Gasteiger partial charge in [0.2, 0.25) is 0 Å². The van der Waals surface area contributed by atoms with Crippen LogP contribution in [0.1, 0.15) is 16.1 Å². The second-order valence-corrected chi connectivity index (χ2v) is 4.24. The van der Waals surface area contributed by atoms with E-state index >= 15 is 0 Å². The number of nitriles is 1. The van der Waals surface area contributed by atoms with Gasteiger partial charge in [0.1, 0.15) is 6.07 Å². The van der Waals surface area contributed by atoms with Crippen molar-refractivity contribution in [2.24, 2.45) is 0 Å². The number of hydrogen-bond donors (Lipinski definition) is 3. The summed E-state index contributed by atoms with van der Waals surface area (Å²) in [4.78, 5) is 11.8. The fourth-order valence-corrected chi connectivity index (χ4v) is 1.93. The number of methoxy groups -OCH3 is 1. The van der Waals surface area contributed by atoms with Crippen molar-refractivity contribution >= 4 is 24.2 Å². The Labute approximate surface area is 120 Å². The zero-order valence-electron chi connectivity index (χ0n) is 11.1. The summed E-state index contributed by atoms with van der Waals surface area (Å²) in [5.41, 5.74) is 6.86. The molecule has 0 unspecified atom stereocenters. The molecule has 0 spiro atoms. The fourth-order valence-electron chi connectivity index (χ4n) is 1.93. The van der Waals surface area contributed by atoms with E-state index in [1.54, 1.807) is 12.1 Å². The molecule has 0 fully saturated rings. The number of aromatic nitrogens is 1. The van der Waals surface area contributed by atoms with E-state index in [0.717, 1.165) is 0 Å². The van der Waals surface area contributed by atoms with Gasteiger partial charge in [0.15, 0.2) is 5.69 Å². The first-order valence-corrected chi connectivity index (χ1v) is 5.95. The maximum Gasteiger partial charge on any atom is 0.488 e. The molecule has 0 aliphatic carbocycles. The molecule has 7 nitrogen and oxygen atoms in total. The van der Waals surface area contributed by atoms with E-state index in [2.05, 4.69) is 4.74 Å². The van der Waals surface area contributed by atoms with Gasteiger partial charge < -0.3 is 25.1 Å². The number of esters is 1. The number of carbonyl (C=O) groups excluding carboxylic acids is 1. The van der Waals surface area contributed by atoms with Crippen LogP contribution in [0.25, 0.3) is 5.69 Å². The highest BCUT2D eigenvalue weighted by atomic mass is 16.5. The Morgan fingerprint density at radius 3 is 2.48 bits per heavy atom. The fraction of sp³-hybridized carbons (Fsp3) is 0.0769. The lowest BCUT2D eigenvalue weighted by atomic mass is 9.80. The van der Waals surface area contributed by atoms with Crippen LogP contribution in [0.5, 0.6) is 0 Å². The number of ether oxygens (including phenoxy) is 1. The molecule has 0 saturated heterocycles. The summed E-state index contributed by atoms with van der Waals surface area (Å²) in [7, 11) is -0.361. The standard InChI is InChI=1S/C13H12BN3O4/c1-21-13(18)12-11(16)8(6-15)7-17(12)10-4-2-9(3-5-10)14(19)20/h2-5,7,19-20H,16H2,1H3. The molecule has 8 heteroatoms. The number of hydrogen-bond acceptors (Lipinski definition) is 6. The number of carbonyl (C=O) groups is 1. The highest BCUT2D eigenvalue weighted by Gasteiger charge is 2.21. The van der Waals surface area contributed by atoms with Crippen LogP contribution in [0.4, 0.5) is 5.69 Å². The maximum atomic E-state index is 11.8. The highest BCUT2D eigenvalue weighted by molar-refractivity contribution is 6.58. The van der Waals surface area contributed by atoms with E-state index < -0.39 is 13.1 Å². The molecule has 1 aromatic heterocycles. The van der Waals surface area contributed by atoms with Gasteiger partial charge >= 0.3 is 13.1 Å². The maximum absolute atomic E-state index is 11.8. The van der Waals surface area contributed by atoms with Crippen molar-refractivity contribution in [1.29, 1.82) is 5.26 Å². The Hall–Kier alpha value is -2.76. The smallest absolute Gasteiger partial charge is 0.464 e. The van der Waals surface area contributed by atoms with Crippen molar-refractivity contribution in [3.05, 3.63) is 41.7 Å². The summed E-state index contributed by atoms with van der Waals surface area (Å²) in [6.45, 7) is 0. The number of nitrogen functional groups attached to an aromatic ring is 1. The quantitative estimate of drug-likeness (QED) is 0.511. The number of nitrogens with zero attached hydrogens (tertiary/aromatic N) is 2. The van der Waals surface area contributed by atoms with Crippen LogP contribution in [-0.4, -0.2) is 34.8 Å². The largest absolute Gasteiger partial charge is 0.488 e. The predicted molar refractivity (Wildman–Crippen MR) is 76.1 cm³/mol. The number of benzene rings is 1. The van der Waals surface area contributed by atoms with E-state index in [-0.39, 0.29) is 16.9 Å². The summed E-state index contributed by atoms with van der Waals surface area (Å²) in [5, 5.41) is 27.1. The van der Waals surface area contributed by atoms with Gasteiger partial charge in [0, 0.05) is 11.9 Å². The summed E-state index contributed by atoms with van der Waals surface area (Å²) >= 11 is 0. The molecule has 1 heterocycles. The van der Waals surface area contributed by atoms with Gasteiger partial charge in [-0.3, -0.25) is 0 Å². The Kier molecular flexibility index (Phi) is 3.98. The van der Waals surface area contributed by atoms with Gasteiger partial charge in [-0.25, -0.2) is 4.79 Å². The van der Waals surface area contributed by atoms with Crippen LogP contribution in [-0.2, 0) is 4.74 Å². The zero-order chi connectivity index (χ0) is 15.6. The molecule has 0 aliphatic heterocycles. The second kappa shape index (κ2) is 5.70. The molecule has 2 aromatic rings. The highest BCUT2D eigenvalue weighted by Crippen LogP contribution is 2.24. The van der Waals surface area contributed by atoms with E-state index in [1.807, 2.05) is 6.07 Å². The van der Waals surface area contributed by atoms with Crippen molar-refractivity contribution < 1.29 is 19.6 Å². The molecule has 0 saturated carbocycles. The molecular formula is C13H12BN3O4. The Morgan fingerprint density at radius 1 is 1.38 bits per heavy atom. The Bertz CT molecular complexity index is 716. The summed E-state index contributed by atoms with van der Waals surface area (Å²) in [5.74, 6) is -0.666. The lowest BCUT2D eigenvalue weighted by Crippen LogP contribution is -2.29. The third-order valence-corrected chi connectivity index (χ3v) is 3.01. The monoisotopic (exact) mass is 285 g/mol. The number of rotatable bonds is 3. The summed E-state index contributed by atoms with van der Waals surface area (Å²) in [6.07, 6.45) is 1.42. The van der Waals surface area contributed by atoms with E-state index in [0.29, 0.717) is 11.2 Å². The third kappa shape index (κ3) is 2.60. The van der Waals surface area contributed by atoms with Crippen molar-refractivity contribution in [2.75, 3.05) is 12.8 Å². The first-order chi connectivity index (χ1) is 9.99. The lowest BCUT2D eigenvalue weighted by molar-refractivity contribution is 0.0593. The SMILES string of the molecule is COC(=O)c1c(N)c(C#N)cn1-c1ccc(B(O)O)cc1. The predicted octanol–water partition coefficient (Wildman–Crippen LogP) is -0.602. The van der Waals surface area contributed by atoms with Gasteiger partial charge in [-0.2, -0.15) is 5.26 Å². The molecule has 0 bridgehead atoms. The van der Waals surface area contributed by atoms with Crippen molar-refractivity contribution in [2.45, 2.75) is 0 Å². The van der Waals surface area contributed by atoms with E-state index in [9.17, 15) is 4.79 Å². The van der Waals surface area contributed by atoms with Crippen LogP contribution in [0.3, 0.4) is 0 Å². The first kappa shape index (κ1) is 14.6. The summed E-state index contributed by atoms with van der Waals surface area (Å²) < 4.78 is 6.09. The van der Waals surface area contributed by atoms with E-state index in [4.69, 9.17) is 21.0 Å². The van der Waals surface area contributed by atoms with Gasteiger partial charge in [-0.15, -0.1) is 0 Å². The molecule has 0 aliphatic rings. The number of anilines is 1. The topological polar surface area (TPSA) is 122 Å². The molecule has 4 N–H and O–H groups in total. The lowest BCUT2D eigenvalue weighted by Gasteiger charge is -2.09. The second-order valence-electron chi connectivity index (χ2n) is 4.24. The van der Waals surface area contributed by atoms with Crippen molar-refractivity contribution in [3.8, 4) is 11.8 Å². The number of nitrogens with two attached hydrogens (primary N) is 1. The third-order valence-electron chi connectivity index (χ3n) is 3.01. The van der Waals surface area contributed by atoms with Crippen molar-refractivity contribution in [3.63, 3.8) is 0 Å². The Balaban J connectivity index is 2.58. The minimum atomic E-state index is -1.58. The Morgan fingerprint density at radius 2 is 2.00 bits per heavy atom. The van der Waals surface area contributed by atoms with Crippen LogP contribution >= 0.6 is 0 Å². The van der Waals surface area contributed by atoms with Crippen LogP contribution in [0, 0.1) is 11.3 Å². The molecule has 1 aromatic carbocycles. The molecule has 0 atom stereocenters. The zero-order valence-corrected chi connectivity index (χ0v) is 11.1. The molecule has 2 rings (SSSR count). The molecule has 0 amide bonds. The van der Waals surface area contributed by atoms with Gasteiger partial charge in [0.25, 0.3) is 0 Å². The van der Waals surface area contributed by atoms with Crippen LogP contribution in [0.2, 0.25) is 0 Å². The van der Waals surface area contributed by atoms with Gasteiger partial charge in [-0.1, -0.05) is 12.1 Å². The minimum Gasteiger partial charge on any atom is -0.464 e. The molecule has 106 valence electrons. The van der Waals surface area contributed by atoms with Crippen LogP contribution in [0.15, 0.2) is 30.5 Å². The van der Waals surface area contributed by atoms with Crippen LogP contribution < -0.4 is 11.2 Å². The molecular weight excluding hydrogens is 273 g/mol. The molecule has 0 radical (unpaired) electrons. The van der Waals surface area contributed by atoms with Gasteiger partial charge in [0.05, 0.1) is 18.4 Å². The van der Waals surface area contributed by atoms with E-state index in [1.165, 1.54) is 30.0 Å². The molecule has 21 heavy (non-hydrogen) atoms. The average molecular weight is 285 g/mol. The van der Waals surface area contributed by atoms with Gasteiger partial charge in [-0.05, 0) is 17.6 Å².